The average Bonchev–Trinajstić information content (AvgIpc) is 2.39. The largest absolute Gasteiger partial charge is 0.481 e. The van der Waals surface area contributed by atoms with Crippen LogP contribution in [-0.2, 0) is 4.79 Å². The van der Waals surface area contributed by atoms with E-state index in [9.17, 15) is 23.1 Å². The first-order valence-corrected chi connectivity index (χ1v) is 7.28. The van der Waals surface area contributed by atoms with Crippen molar-refractivity contribution in [2.75, 3.05) is 6.54 Å². The second kappa shape index (κ2) is 6.78. The monoisotopic (exact) mass is 295 g/mol. The normalized spacial score (nSPS) is 24.6. The van der Waals surface area contributed by atoms with Gasteiger partial charge in [-0.05, 0) is 32.1 Å². The molecule has 1 rings (SSSR count). The number of hydrogen-bond acceptors (Lipinski definition) is 2. The molecule has 0 saturated heterocycles. The number of carbonyl (C=O) groups is 1. The molecule has 0 bridgehead atoms. The molecule has 3 nitrogen and oxygen atoms in total. The van der Waals surface area contributed by atoms with Crippen LogP contribution in [0.15, 0.2) is 0 Å². The van der Waals surface area contributed by atoms with Gasteiger partial charge in [0.05, 0.1) is 11.3 Å². The Labute approximate surface area is 117 Å². The first kappa shape index (κ1) is 17.3. The van der Waals surface area contributed by atoms with Gasteiger partial charge < -0.3 is 10.4 Å². The summed E-state index contributed by atoms with van der Waals surface area (Å²) in [5.74, 6) is -2.13. The van der Waals surface area contributed by atoms with E-state index in [1.54, 1.807) is 13.8 Å². The maximum Gasteiger partial charge on any atom is 0.391 e. The van der Waals surface area contributed by atoms with Gasteiger partial charge in [0.25, 0.3) is 0 Å². The molecule has 0 radical (unpaired) electrons. The molecule has 0 amide bonds. The molecule has 1 fully saturated rings. The molecular formula is C14H24F3NO2. The number of nitrogens with one attached hydrogen (secondary N) is 1. The van der Waals surface area contributed by atoms with Gasteiger partial charge in [-0.25, -0.2) is 0 Å². The van der Waals surface area contributed by atoms with Crippen molar-refractivity contribution in [3.63, 3.8) is 0 Å². The third-order valence-electron chi connectivity index (χ3n) is 4.67. The summed E-state index contributed by atoms with van der Waals surface area (Å²) in [6.07, 6.45) is -1.71. The smallest absolute Gasteiger partial charge is 0.391 e. The summed E-state index contributed by atoms with van der Waals surface area (Å²) in [5.41, 5.74) is -0.870. The van der Waals surface area contributed by atoms with Crippen LogP contribution in [0.2, 0.25) is 0 Å². The minimum atomic E-state index is -4.14. The van der Waals surface area contributed by atoms with Crippen LogP contribution >= 0.6 is 0 Å². The lowest BCUT2D eigenvalue weighted by Crippen LogP contribution is -2.46. The summed E-state index contributed by atoms with van der Waals surface area (Å²) in [6, 6.07) is -0.229. The molecule has 2 atom stereocenters. The summed E-state index contributed by atoms with van der Waals surface area (Å²) in [6.45, 7) is 3.85. The van der Waals surface area contributed by atoms with Gasteiger partial charge in [-0.2, -0.15) is 13.2 Å². The second-order valence-electron chi connectivity index (χ2n) is 5.78. The first-order valence-electron chi connectivity index (χ1n) is 7.28. The summed E-state index contributed by atoms with van der Waals surface area (Å²) in [5, 5.41) is 12.4. The molecule has 20 heavy (non-hydrogen) atoms. The van der Waals surface area contributed by atoms with Crippen LogP contribution in [0.4, 0.5) is 13.2 Å². The third kappa shape index (κ3) is 4.11. The predicted molar refractivity (Wildman–Crippen MR) is 70.5 cm³/mol. The van der Waals surface area contributed by atoms with E-state index in [0.717, 1.165) is 0 Å². The fraction of sp³-hybridized carbons (Fsp3) is 0.929. The molecule has 2 N–H and O–H groups in total. The standard InChI is InChI=1S/C14H24F3NO2/c1-3-13(4-2,12(19)20)9-18-11-7-5-6-10(8-11)14(15,16)17/h10-11,18H,3-9H2,1-2H3,(H,19,20). The van der Waals surface area contributed by atoms with E-state index in [1.165, 1.54) is 0 Å². The topological polar surface area (TPSA) is 49.3 Å². The van der Waals surface area contributed by atoms with Crippen LogP contribution in [0.25, 0.3) is 0 Å². The molecule has 6 heteroatoms. The van der Waals surface area contributed by atoms with E-state index >= 15 is 0 Å². The van der Waals surface area contributed by atoms with Gasteiger partial charge in [0.15, 0.2) is 0 Å². The molecule has 2 unspecified atom stereocenters. The van der Waals surface area contributed by atoms with Crippen molar-refractivity contribution >= 4 is 5.97 Å². The van der Waals surface area contributed by atoms with Crippen molar-refractivity contribution in [3.8, 4) is 0 Å². The van der Waals surface area contributed by atoms with Crippen molar-refractivity contribution in [2.45, 2.75) is 64.6 Å². The van der Waals surface area contributed by atoms with Crippen molar-refractivity contribution in [1.29, 1.82) is 0 Å². The summed E-state index contributed by atoms with van der Waals surface area (Å²) in [4.78, 5) is 11.4. The molecule has 1 aliphatic rings. The Kier molecular flexibility index (Phi) is 5.86. The highest BCUT2D eigenvalue weighted by molar-refractivity contribution is 5.74. The van der Waals surface area contributed by atoms with Gasteiger partial charge >= 0.3 is 12.1 Å². The number of carboxylic acids is 1. The Morgan fingerprint density at radius 1 is 1.25 bits per heavy atom. The highest BCUT2D eigenvalue weighted by atomic mass is 19.4. The van der Waals surface area contributed by atoms with Crippen molar-refractivity contribution in [2.24, 2.45) is 11.3 Å². The number of carboxylic acid groups (broad SMARTS) is 1. The molecule has 0 aromatic rings. The lowest BCUT2D eigenvalue weighted by Gasteiger charge is -2.34. The molecule has 118 valence electrons. The predicted octanol–water partition coefficient (Wildman–Crippen LogP) is 3.59. The second-order valence-corrected chi connectivity index (χ2v) is 5.78. The SMILES string of the molecule is CCC(CC)(CNC1CCCC(C(F)(F)F)C1)C(=O)O. The first-order chi connectivity index (χ1) is 9.25. The zero-order valence-electron chi connectivity index (χ0n) is 12.1. The van der Waals surface area contributed by atoms with Gasteiger partial charge in [-0.15, -0.1) is 0 Å². The third-order valence-corrected chi connectivity index (χ3v) is 4.67. The van der Waals surface area contributed by atoms with Crippen molar-refractivity contribution < 1.29 is 23.1 Å². The van der Waals surface area contributed by atoms with E-state index in [-0.39, 0.29) is 25.4 Å². The molecule has 0 heterocycles. The quantitative estimate of drug-likeness (QED) is 0.787. The maximum absolute atomic E-state index is 12.7. The molecular weight excluding hydrogens is 271 g/mol. The van der Waals surface area contributed by atoms with Crippen LogP contribution in [0.3, 0.4) is 0 Å². The van der Waals surface area contributed by atoms with Crippen LogP contribution in [0.5, 0.6) is 0 Å². The highest BCUT2D eigenvalue weighted by Gasteiger charge is 2.43. The van der Waals surface area contributed by atoms with Crippen LogP contribution in [0, 0.1) is 11.3 Å². The van der Waals surface area contributed by atoms with Crippen LogP contribution in [-0.4, -0.2) is 29.8 Å². The minimum absolute atomic E-state index is 0.0621. The van der Waals surface area contributed by atoms with Gasteiger partial charge in [-0.3, -0.25) is 4.79 Å². The van der Waals surface area contributed by atoms with Gasteiger partial charge in [0, 0.05) is 12.6 Å². The van der Waals surface area contributed by atoms with Crippen LogP contribution < -0.4 is 5.32 Å². The zero-order valence-corrected chi connectivity index (χ0v) is 12.1. The van der Waals surface area contributed by atoms with Gasteiger partial charge in [0.2, 0.25) is 0 Å². The Bertz CT molecular complexity index is 327. The molecule has 0 aliphatic heterocycles. The molecule has 0 spiro atoms. The molecule has 1 saturated carbocycles. The fourth-order valence-corrected chi connectivity index (χ4v) is 2.89. The van der Waals surface area contributed by atoms with Crippen LogP contribution in [0.1, 0.15) is 52.4 Å². The maximum atomic E-state index is 12.7. The number of hydrogen-bond donors (Lipinski definition) is 2. The Hall–Kier alpha value is -0.780. The fourth-order valence-electron chi connectivity index (χ4n) is 2.89. The Balaban J connectivity index is 2.58. The highest BCUT2D eigenvalue weighted by Crippen LogP contribution is 2.38. The molecule has 1 aliphatic carbocycles. The van der Waals surface area contributed by atoms with Crippen molar-refractivity contribution in [1.82, 2.24) is 5.32 Å². The lowest BCUT2D eigenvalue weighted by molar-refractivity contribution is -0.184. The Morgan fingerprint density at radius 3 is 2.30 bits per heavy atom. The molecule has 0 aromatic carbocycles. The van der Waals surface area contributed by atoms with E-state index < -0.39 is 23.5 Å². The number of halogens is 3. The van der Waals surface area contributed by atoms with E-state index in [1.807, 2.05) is 0 Å². The minimum Gasteiger partial charge on any atom is -0.481 e. The lowest BCUT2D eigenvalue weighted by atomic mass is 9.80. The number of aliphatic carboxylic acids is 1. The average molecular weight is 295 g/mol. The van der Waals surface area contributed by atoms with E-state index in [4.69, 9.17) is 0 Å². The number of rotatable bonds is 6. The van der Waals surface area contributed by atoms with E-state index in [2.05, 4.69) is 5.32 Å². The van der Waals surface area contributed by atoms with Gasteiger partial charge in [-0.1, -0.05) is 20.3 Å². The number of alkyl halides is 3. The summed E-state index contributed by atoms with van der Waals surface area (Å²) < 4.78 is 38.2. The molecule has 0 aromatic heterocycles. The summed E-state index contributed by atoms with van der Waals surface area (Å²) >= 11 is 0. The van der Waals surface area contributed by atoms with Crippen molar-refractivity contribution in [3.05, 3.63) is 0 Å². The van der Waals surface area contributed by atoms with E-state index in [0.29, 0.717) is 25.7 Å². The Morgan fingerprint density at radius 2 is 1.85 bits per heavy atom. The summed E-state index contributed by atoms with van der Waals surface area (Å²) in [7, 11) is 0. The van der Waals surface area contributed by atoms with Gasteiger partial charge in [0.1, 0.15) is 0 Å². The zero-order chi connectivity index (χ0) is 15.4.